The van der Waals surface area contributed by atoms with Crippen molar-refractivity contribution < 1.29 is 13.9 Å². The molecular formula is C14H20N4O3. The molecule has 0 aliphatic carbocycles. The van der Waals surface area contributed by atoms with Crippen molar-refractivity contribution in [3.8, 4) is 11.5 Å². The normalized spacial score (nSPS) is 22.1. The zero-order chi connectivity index (χ0) is 15.0. The van der Waals surface area contributed by atoms with E-state index in [9.17, 15) is 0 Å². The van der Waals surface area contributed by atoms with Crippen molar-refractivity contribution in [3.63, 3.8) is 0 Å². The van der Waals surface area contributed by atoms with E-state index < -0.39 is 5.60 Å². The van der Waals surface area contributed by atoms with Crippen molar-refractivity contribution in [2.45, 2.75) is 39.3 Å². The van der Waals surface area contributed by atoms with E-state index in [0.29, 0.717) is 25.0 Å². The zero-order valence-electron chi connectivity index (χ0n) is 12.8. The highest BCUT2D eigenvalue weighted by molar-refractivity contribution is 5.59. The van der Waals surface area contributed by atoms with Crippen molar-refractivity contribution in [3.05, 3.63) is 17.3 Å². The van der Waals surface area contributed by atoms with Gasteiger partial charge in [-0.1, -0.05) is 0 Å². The van der Waals surface area contributed by atoms with Crippen LogP contribution in [0, 0.1) is 13.8 Å². The minimum Gasteiger partial charge on any atom is -0.417 e. The summed E-state index contributed by atoms with van der Waals surface area (Å²) in [5.74, 6) is 0.962. The maximum absolute atomic E-state index is 5.89. The van der Waals surface area contributed by atoms with Gasteiger partial charge in [0.05, 0.1) is 24.5 Å². The number of rotatable bonds is 4. The third-order valence-electron chi connectivity index (χ3n) is 4.09. The summed E-state index contributed by atoms with van der Waals surface area (Å²) in [5, 5.41) is 12.8. The Hall–Kier alpha value is -1.73. The van der Waals surface area contributed by atoms with Crippen LogP contribution in [0.2, 0.25) is 0 Å². The lowest BCUT2D eigenvalue weighted by Crippen LogP contribution is -2.29. The number of aromatic nitrogens is 4. The molecule has 2 aromatic heterocycles. The Bertz CT molecular complexity index is 641. The predicted octanol–water partition coefficient (Wildman–Crippen LogP) is 1.83. The van der Waals surface area contributed by atoms with Crippen molar-refractivity contribution in [1.29, 1.82) is 0 Å². The molecule has 3 heterocycles. The number of hydrogen-bond donors (Lipinski definition) is 0. The quantitative estimate of drug-likeness (QED) is 0.856. The molecule has 0 saturated carbocycles. The highest BCUT2D eigenvalue weighted by Crippen LogP contribution is 2.35. The van der Waals surface area contributed by atoms with Crippen molar-refractivity contribution in [1.82, 2.24) is 20.0 Å². The highest BCUT2D eigenvalue weighted by atomic mass is 16.6. The molecule has 7 nitrogen and oxygen atoms in total. The summed E-state index contributed by atoms with van der Waals surface area (Å²) < 4.78 is 18.8. The number of methoxy groups -OCH3 is 1. The molecule has 1 unspecified atom stereocenters. The van der Waals surface area contributed by atoms with E-state index in [1.165, 1.54) is 0 Å². The molecule has 0 bridgehead atoms. The van der Waals surface area contributed by atoms with Crippen molar-refractivity contribution in [2.75, 3.05) is 20.3 Å². The Labute approximate surface area is 123 Å². The fourth-order valence-corrected chi connectivity index (χ4v) is 2.79. The minimum atomic E-state index is -0.617. The molecule has 0 N–H and O–H groups in total. The molecule has 1 saturated heterocycles. The minimum absolute atomic E-state index is 0.442. The monoisotopic (exact) mass is 292 g/mol. The van der Waals surface area contributed by atoms with E-state index in [2.05, 4.69) is 22.2 Å². The first-order chi connectivity index (χ1) is 10.1. The average molecular weight is 292 g/mol. The molecule has 1 aliphatic rings. The molecule has 1 fully saturated rings. The first-order valence-electron chi connectivity index (χ1n) is 7.12. The second-order valence-electron chi connectivity index (χ2n) is 5.27. The number of ether oxygens (including phenoxy) is 2. The van der Waals surface area contributed by atoms with Gasteiger partial charge in [0.15, 0.2) is 5.60 Å². The average Bonchev–Trinajstić information content (AvgIpc) is 3.18. The summed E-state index contributed by atoms with van der Waals surface area (Å²) in [6.45, 7) is 7.90. The molecule has 2 aromatic rings. The maximum Gasteiger partial charge on any atom is 0.251 e. The lowest BCUT2D eigenvalue weighted by molar-refractivity contribution is -0.0407. The molecule has 1 aliphatic heterocycles. The first-order valence-corrected chi connectivity index (χ1v) is 7.12. The van der Waals surface area contributed by atoms with E-state index in [1.54, 1.807) is 7.11 Å². The second-order valence-corrected chi connectivity index (χ2v) is 5.27. The fourth-order valence-electron chi connectivity index (χ4n) is 2.79. The van der Waals surface area contributed by atoms with E-state index in [4.69, 9.17) is 13.9 Å². The van der Waals surface area contributed by atoms with Gasteiger partial charge in [0.2, 0.25) is 0 Å². The first kappa shape index (κ1) is 14.2. The second kappa shape index (κ2) is 5.23. The van der Waals surface area contributed by atoms with Gasteiger partial charge in [-0.3, -0.25) is 4.68 Å². The van der Waals surface area contributed by atoms with Crippen LogP contribution in [0.3, 0.4) is 0 Å². The Kier molecular flexibility index (Phi) is 3.54. The molecule has 0 aromatic carbocycles. The van der Waals surface area contributed by atoms with Crippen LogP contribution in [0.25, 0.3) is 11.5 Å². The molecule has 7 heteroatoms. The van der Waals surface area contributed by atoms with Crippen LogP contribution in [0.5, 0.6) is 0 Å². The molecule has 0 radical (unpaired) electrons. The molecule has 114 valence electrons. The summed E-state index contributed by atoms with van der Waals surface area (Å²) in [7, 11) is 1.64. The van der Waals surface area contributed by atoms with Crippen LogP contribution in [0.4, 0.5) is 0 Å². The van der Waals surface area contributed by atoms with Gasteiger partial charge in [-0.05, 0) is 20.8 Å². The summed E-state index contributed by atoms with van der Waals surface area (Å²) in [6.07, 6.45) is 0.720. The van der Waals surface area contributed by atoms with Crippen molar-refractivity contribution in [2.24, 2.45) is 0 Å². The van der Waals surface area contributed by atoms with Gasteiger partial charge in [0.1, 0.15) is 0 Å². The SMILES string of the molecule is CCn1nc(C)c(-c2nnc(C3(OC)CCOC3)o2)c1C. The van der Waals surface area contributed by atoms with Gasteiger partial charge < -0.3 is 13.9 Å². The van der Waals surface area contributed by atoms with Crippen LogP contribution in [0.15, 0.2) is 4.42 Å². The van der Waals surface area contributed by atoms with Gasteiger partial charge >= 0.3 is 0 Å². The van der Waals surface area contributed by atoms with E-state index in [0.717, 1.165) is 29.9 Å². The Balaban J connectivity index is 2.01. The molecule has 3 rings (SSSR count). The third-order valence-corrected chi connectivity index (χ3v) is 4.09. The maximum atomic E-state index is 5.89. The number of nitrogens with zero attached hydrogens (tertiary/aromatic N) is 4. The van der Waals surface area contributed by atoms with Gasteiger partial charge in [-0.15, -0.1) is 10.2 Å². The lowest BCUT2D eigenvalue weighted by Gasteiger charge is -2.20. The largest absolute Gasteiger partial charge is 0.417 e. The molecule has 0 amide bonds. The fraction of sp³-hybridized carbons (Fsp3) is 0.643. The van der Waals surface area contributed by atoms with E-state index in [-0.39, 0.29) is 0 Å². The highest BCUT2D eigenvalue weighted by Gasteiger charge is 2.42. The Morgan fingerprint density at radius 2 is 2.14 bits per heavy atom. The summed E-state index contributed by atoms with van der Waals surface area (Å²) in [5.41, 5.74) is 2.20. The molecule has 21 heavy (non-hydrogen) atoms. The van der Waals surface area contributed by atoms with Gasteiger partial charge in [-0.2, -0.15) is 5.10 Å². The smallest absolute Gasteiger partial charge is 0.251 e. The third kappa shape index (κ3) is 2.16. The summed E-state index contributed by atoms with van der Waals surface area (Å²) in [6, 6.07) is 0. The van der Waals surface area contributed by atoms with Crippen LogP contribution >= 0.6 is 0 Å². The molecule has 0 spiro atoms. The lowest BCUT2D eigenvalue weighted by atomic mass is 10.0. The van der Waals surface area contributed by atoms with Crippen LogP contribution in [-0.4, -0.2) is 40.3 Å². The van der Waals surface area contributed by atoms with Crippen LogP contribution < -0.4 is 0 Å². The van der Waals surface area contributed by atoms with E-state index >= 15 is 0 Å². The zero-order valence-corrected chi connectivity index (χ0v) is 12.8. The molecule has 1 atom stereocenters. The van der Waals surface area contributed by atoms with Gasteiger partial charge in [-0.25, -0.2) is 0 Å². The topological polar surface area (TPSA) is 75.2 Å². The number of aryl methyl sites for hydroxylation is 2. The summed E-state index contributed by atoms with van der Waals surface area (Å²) >= 11 is 0. The summed E-state index contributed by atoms with van der Waals surface area (Å²) in [4.78, 5) is 0. The van der Waals surface area contributed by atoms with Crippen LogP contribution in [-0.2, 0) is 21.6 Å². The standard InChI is InChI=1S/C14H20N4O3/c1-5-18-10(3)11(9(2)17-18)12-15-16-13(21-12)14(19-4)6-7-20-8-14/h5-8H2,1-4H3. The Morgan fingerprint density at radius 3 is 2.71 bits per heavy atom. The van der Waals surface area contributed by atoms with Gasteiger partial charge in [0.25, 0.3) is 11.8 Å². The number of hydrogen-bond acceptors (Lipinski definition) is 6. The van der Waals surface area contributed by atoms with Crippen LogP contribution in [0.1, 0.15) is 30.6 Å². The van der Waals surface area contributed by atoms with Crippen molar-refractivity contribution >= 4 is 0 Å². The molecular weight excluding hydrogens is 272 g/mol. The van der Waals surface area contributed by atoms with E-state index in [1.807, 2.05) is 18.5 Å². The van der Waals surface area contributed by atoms with Gasteiger partial charge in [0, 0.05) is 25.8 Å². The Morgan fingerprint density at radius 1 is 1.33 bits per heavy atom. The predicted molar refractivity (Wildman–Crippen MR) is 74.8 cm³/mol.